The highest BCUT2D eigenvalue weighted by Gasteiger charge is 2.52. The fourth-order valence-electron chi connectivity index (χ4n) is 2.00. The first kappa shape index (κ1) is 11.6. The van der Waals surface area contributed by atoms with Crippen LogP contribution >= 0.6 is 0 Å². The van der Waals surface area contributed by atoms with Gasteiger partial charge in [-0.2, -0.15) is 0 Å². The summed E-state index contributed by atoms with van der Waals surface area (Å²) in [5.41, 5.74) is 0. The van der Waals surface area contributed by atoms with Gasteiger partial charge in [-0.05, 0) is 0 Å². The molecule has 9 heteroatoms. The molecule has 0 aromatic heterocycles. The van der Waals surface area contributed by atoms with Crippen LogP contribution in [-0.4, -0.2) is 56.5 Å². The summed E-state index contributed by atoms with van der Waals surface area (Å²) >= 11 is 0. The Balaban J connectivity index is 2.09. The summed E-state index contributed by atoms with van der Waals surface area (Å²) in [5.74, 6) is 0. The van der Waals surface area contributed by atoms with Crippen LogP contribution in [0, 0.1) is 10.1 Å². The third-order valence-electron chi connectivity index (χ3n) is 2.73. The van der Waals surface area contributed by atoms with Crippen molar-refractivity contribution < 1.29 is 27.8 Å². The van der Waals surface area contributed by atoms with Gasteiger partial charge in [-0.3, -0.25) is 0 Å². The van der Waals surface area contributed by atoms with E-state index >= 15 is 0 Å². The fourth-order valence-corrected chi connectivity index (χ4v) is 3.04. The molecule has 0 saturated carbocycles. The smallest absolute Gasteiger partial charge is 0.294 e. The highest BCUT2D eigenvalue weighted by Crippen LogP contribution is 2.31. The predicted molar refractivity (Wildman–Crippen MR) is 50.0 cm³/mol. The molecule has 0 aromatic rings. The van der Waals surface area contributed by atoms with Gasteiger partial charge in [0.2, 0.25) is 0 Å². The molecule has 2 heterocycles. The van der Waals surface area contributed by atoms with Crippen LogP contribution < -0.4 is 0 Å². The Kier molecular flexibility index (Phi) is 2.76. The normalized spacial score (nSPS) is 38.3. The Bertz CT molecular complexity index is 394. The SMILES string of the molecule is CS(=O)(=O)[C@H]1CO[C@H]2[C@@H]1OC[C@H]2O[N+](=O)[O-]. The van der Waals surface area contributed by atoms with Gasteiger partial charge in [0.1, 0.15) is 17.5 Å². The number of hydrogen-bond donors (Lipinski definition) is 0. The molecule has 4 atom stereocenters. The van der Waals surface area contributed by atoms with Gasteiger partial charge in [0, 0.05) is 6.26 Å². The molecule has 0 radical (unpaired) electrons. The first-order valence-corrected chi connectivity index (χ1v) is 6.58. The standard InChI is InChI=1S/C7H11NO7S/c1-16(11,12)5-3-14-6-4(15-8(9)10)2-13-7(5)6/h4-7H,2-3H2,1H3/t4-,5+,6-,7-/m1/s1. The van der Waals surface area contributed by atoms with Crippen molar-refractivity contribution in [1.82, 2.24) is 0 Å². The highest BCUT2D eigenvalue weighted by atomic mass is 32.2. The molecule has 2 fully saturated rings. The van der Waals surface area contributed by atoms with Crippen LogP contribution in [0.5, 0.6) is 0 Å². The number of hydrogen-bond acceptors (Lipinski definition) is 7. The van der Waals surface area contributed by atoms with E-state index in [1.807, 2.05) is 0 Å². The first-order valence-electron chi connectivity index (χ1n) is 4.63. The van der Waals surface area contributed by atoms with Gasteiger partial charge in [0.25, 0.3) is 5.09 Å². The van der Waals surface area contributed by atoms with E-state index in [0.717, 1.165) is 6.26 Å². The maximum absolute atomic E-state index is 11.4. The number of sulfone groups is 1. The lowest BCUT2D eigenvalue weighted by Crippen LogP contribution is -2.37. The summed E-state index contributed by atoms with van der Waals surface area (Å²) in [4.78, 5) is 14.5. The van der Waals surface area contributed by atoms with Crippen molar-refractivity contribution in [3.63, 3.8) is 0 Å². The van der Waals surface area contributed by atoms with Crippen molar-refractivity contribution in [2.45, 2.75) is 23.6 Å². The predicted octanol–water partition coefficient (Wildman–Crippen LogP) is -1.23. The minimum Gasteiger partial charge on any atom is -0.372 e. The zero-order valence-corrected chi connectivity index (χ0v) is 9.25. The second-order valence-electron chi connectivity index (χ2n) is 3.83. The Morgan fingerprint density at radius 1 is 1.31 bits per heavy atom. The van der Waals surface area contributed by atoms with Crippen LogP contribution in [-0.2, 0) is 24.1 Å². The molecule has 92 valence electrons. The Labute approximate surface area is 91.5 Å². The Morgan fingerprint density at radius 2 is 1.94 bits per heavy atom. The average Bonchev–Trinajstić information content (AvgIpc) is 2.65. The van der Waals surface area contributed by atoms with Crippen LogP contribution in [0.15, 0.2) is 0 Å². The molecule has 0 N–H and O–H groups in total. The molecule has 16 heavy (non-hydrogen) atoms. The van der Waals surface area contributed by atoms with Gasteiger partial charge in [0.05, 0.1) is 13.2 Å². The maximum atomic E-state index is 11.4. The molecule has 2 aliphatic heterocycles. The number of fused-ring (bicyclic) bond motifs is 1. The van der Waals surface area contributed by atoms with Crippen LogP contribution in [0.3, 0.4) is 0 Å². The van der Waals surface area contributed by atoms with E-state index in [-0.39, 0.29) is 13.2 Å². The van der Waals surface area contributed by atoms with Crippen LogP contribution in [0.4, 0.5) is 0 Å². The summed E-state index contributed by atoms with van der Waals surface area (Å²) in [6, 6.07) is 0. The molecule has 0 bridgehead atoms. The van der Waals surface area contributed by atoms with E-state index in [1.54, 1.807) is 0 Å². The van der Waals surface area contributed by atoms with Gasteiger partial charge in [-0.25, -0.2) is 8.42 Å². The summed E-state index contributed by atoms with van der Waals surface area (Å²) in [5, 5.41) is 8.49. The number of nitrogens with zero attached hydrogens (tertiary/aromatic N) is 1. The number of rotatable bonds is 3. The lowest BCUT2D eigenvalue weighted by Gasteiger charge is -2.14. The largest absolute Gasteiger partial charge is 0.372 e. The topological polar surface area (TPSA) is 105 Å². The molecule has 0 aliphatic carbocycles. The van der Waals surface area contributed by atoms with E-state index in [1.165, 1.54) is 0 Å². The second-order valence-corrected chi connectivity index (χ2v) is 6.10. The molecule has 0 aromatic carbocycles. The van der Waals surface area contributed by atoms with Crippen molar-refractivity contribution in [2.24, 2.45) is 0 Å². The maximum Gasteiger partial charge on any atom is 0.294 e. The van der Waals surface area contributed by atoms with Crippen LogP contribution in [0.1, 0.15) is 0 Å². The molecule has 2 saturated heterocycles. The molecule has 2 rings (SSSR count). The molecular formula is C7H11NO7S. The third kappa shape index (κ3) is 1.97. The summed E-state index contributed by atoms with van der Waals surface area (Å²) in [7, 11) is -3.28. The van der Waals surface area contributed by atoms with Gasteiger partial charge in [-0.15, -0.1) is 10.1 Å². The van der Waals surface area contributed by atoms with Gasteiger partial charge < -0.3 is 14.3 Å². The summed E-state index contributed by atoms with van der Waals surface area (Å²) < 4.78 is 33.1. The monoisotopic (exact) mass is 253 g/mol. The third-order valence-corrected chi connectivity index (χ3v) is 4.24. The number of ether oxygens (including phenoxy) is 2. The van der Waals surface area contributed by atoms with Crippen molar-refractivity contribution in [1.29, 1.82) is 0 Å². The van der Waals surface area contributed by atoms with E-state index in [9.17, 15) is 18.5 Å². The Hall–Kier alpha value is -0.930. The second kappa shape index (κ2) is 3.82. The minimum absolute atomic E-state index is 0.00819. The summed E-state index contributed by atoms with van der Waals surface area (Å²) in [6.07, 6.45) is -1.09. The van der Waals surface area contributed by atoms with E-state index < -0.39 is 38.5 Å². The lowest BCUT2D eigenvalue weighted by atomic mass is 10.1. The van der Waals surface area contributed by atoms with Crippen LogP contribution in [0.2, 0.25) is 0 Å². The van der Waals surface area contributed by atoms with Gasteiger partial charge in [-0.1, -0.05) is 0 Å². The van der Waals surface area contributed by atoms with Crippen molar-refractivity contribution in [2.75, 3.05) is 19.5 Å². The molecule has 0 amide bonds. The molecule has 0 unspecified atom stereocenters. The quantitative estimate of drug-likeness (QED) is 0.458. The van der Waals surface area contributed by atoms with Crippen molar-refractivity contribution >= 4 is 9.84 Å². The van der Waals surface area contributed by atoms with Gasteiger partial charge >= 0.3 is 0 Å². The lowest BCUT2D eigenvalue weighted by molar-refractivity contribution is -0.769. The Morgan fingerprint density at radius 3 is 2.50 bits per heavy atom. The molecule has 8 nitrogen and oxygen atoms in total. The van der Waals surface area contributed by atoms with Crippen molar-refractivity contribution in [3.05, 3.63) is 10.1 Å². The minimum atomic E-state index is -3.28. The fraction of sp³-hybridized carbons (Fsp3) is 1.00. The van der Waals surface area contributed by atoms with Gasteiger partial charge in [0.15, 0.2) is 15.9 Å². The van der Waals surface area contributed by atoms with E-state index in [2.05, 4.69) is 4.84 Å². The van der Waals surface area contributed by atoms with Crippen molar-refractivity contribution in [3.8, 4) is 0 Å². The summed E-state index contributed by atoms with van der Waals surface area (Å²) in [6.45, 7) is -0.0337. The average molecular weight is 253 g/mol. The van der Waals surface area contributed by atoms with E-state index in [4.69, 9.17) is 9.47 Å². The van der Waals surface area contributed by atoms with Crippen LogP contribution in [0.25, 0.3) is 0 Å². The zero-order chi connectivity index (χ0) is 11.9. The molecule has 2 aliphatic rings. The first-order chi connectivity index (χ1) is 7.39. The molecular weight excluding hydrogens is 242 g/mol. The zero-order valence-electron chi connectivity index (χ0n) is 8.44. The van der Waals surface area contributed by atoms with E-state index in [0.29, 0.717) is 0 Å². The highest BCUT2D eigenvalue weighted by molar-refractivity contribution is 7.91. The molecule has 0 spiro atoms.